The molecule has 0 spiro atoms. The van der Waals surface area contributed by atoms with E-state index in [4.69, 9.17) is 0 Å². The van der Waals surface area contributed by atoms with Gasteiger partial charge in [-0.25, -0.2) is 8.42 Å². The van der Waals surface area contributed by atoms with Crippen molar-refractivity contribution in [3.05, 3.63) is 17.0 Å². The molecule has 0 amide bonds. The van der Waals surface area contributed by atoms with Gasteiger partial charge in [-0.3, -0.25) is 0 Å². The van der Waals surface area contributed by atoms with Crippen LogP contribution in [0.2, 0.25) is 0 Å². The van der Waals surface area contributed by atoms with E-state index in [1.807, 2.05) is 6.07 Å². The fourth-order valence-electron chi connectivity index (χ4n) is 2.76. The fourth-order valence-corrected chi connectivity index (χ4v) is 5.69. The summed E-state index contributed by atoms with van der Waals surface area (Å²) >= 11 is 1.39. The topological polar surface area (TPSA) is 49.4 Å². The average molecular weight is 331 g/mol. The van der Waals surface area contributed by atoms with Crippen molar-refractivity contribution in [1.82, 2.24) is 9.62 Å². The molecule has 1 aliphatic carbocycles. The molecular weight excluding hydrogens is 304 g/mol. The van der Waals surface area contributed by atoms with Crippen molar-refractivity contribution in [3.63, 3.8) is 0 Å². The molecule has 1 aliphatic rings. The number of nitrogens with zero attached hydrogens (tertiary/aromatic N) is 1. The van der Waals surface area contributed by atoms with E-state index in [1.54, 1.807) is 17.4 Å². The van der Waals surface area contributed by atoms with Crippen LogP contribution in [-0.4, -0.2) is 32.4 Å². The van der Waals surface area contributed by atoms with E-state index in [1.165, 1.54) is 17.8 Å². The summed E-state index contributed by atoms with van der Waals surface area (Å²) in [4.78, 5) is 1.08. The highest BCUT2D eigenvalue weighted by Crippen LogP contribution is 2.29. The van der Waals surface area contributed by atoms with Gasteiger partial charge in [-0.1, -0.05) is 26.2 Å². The summed E-state index contributed by atoms with van der Waals surface area (Å²) in [5.74, 6) is 0. The van der Waals surface area contributed by atoms with Gasteiger partial charge in [0.2, 0.25) is 0 Å². The second-order valence-electron chi connectivity index (χ2n) is 5.71. The van der Waals surface area contributed by atoms with E-state index < -0.39 is 10.0 Å². The van der Waals surface area contributed by atoms with Crippen molar-refractivity contribution in [3.8, 4) is 0 Å². The van der Waals surface area contributed by atoms with Crippen LogP contribution in [-0.2, 0) is 16.6 Å². The summed E-state index contributed by atoms with van der Waals surface area (Å²) in [6.45, 7) is 3.83. The Labute approximate surface area is 132 Å². The lowest BCUT2D eigenvalue weighted by Gasteiger charge is -2.29. The fraction of sp³-hybridized carbons (Fsp3) is 0.733. The van der Waals surface area contributed by atoms with Gasteiger partial charge in [0.05, 0.1) is 0 Å². The van der Waals surface area contributed by atoms with Crippen molar-refractivity contribution in [2.24, 2.45) is 0 Å². The molecule has 0 unspecified atom stereocenters. The zero-order valence-corrected chi connectivity index (χ0v) is 14.6. The van der Waals surface area contributed by atoms with E-state index in [9.17, 15) is 8.42 Å². The van der Waals surface area contributed by atoms with E-state index in [-0.39, 0.29) is 6.04 Å². The van der Waals surface area contributed by atoms with Crippen molar-refractivity contribution < 1.29 is 8.42 Å². The predicted molar refractivity (Wildman–Crippen MR) is 88.1 cm³/mol. The minimum absolute atomic E-state index is 0.174. The van der Waals surface area contributed by atoms with Gasteiger partial charge in [0.25, 0.3) is 10.0 Å². The van der Waals surface area contributed by atoms with Crippen molar-refractivity contribution in [2.45, 2.75) is 62.2 Å². The van der Waals surface area contributed by atoms with Gasteiger partial charge in [0.15, 0.2) is 0 Å². The van der Waals surface area contributed by atoms with Crippen LogP contribution in [0.5, 0.6) is 0 Å². The second kappa shape index (κ2) is 7.72. The molecule has 1 N–H and O–H groups in total. The second-order valence-corrected chi connectivity index (χ2v) is 9.10. The van der Waals surface area contributed by atoms with Crippen LogP contribution in [0, 0.1) is 0 Å². The minimum Gasteiger partial charge on any atom is -0.312 e. The largest absolute Gasteiger partial charge is 0.312 e. The third-order valence-corrected chi connectivity index (χ3v) is 7.55. The molecule has 120 valence electrons. The summed E-state index contributed by atoms with van der Waals surface area (Å²) in [6, 6.07) is 3.85. The smallest absolute Gasteiger partial charge is 0.252 e. The number of thiophene rings is 1. The van der Waals surface area contributed by atoms with E-state index in [0.29, 0.717) is 4.21 Å². The summed E-state index contributed by atoms with van der Waals surface area (Å²) in [7, 11) is -1.59. The maximum absolute atomic E-state index is 12.7. The standard InChI is InChI=1S/C15H26N2O2S2/c1-3-11-16-12-14-9-10-15(20-14)21(18,19)17(2)13-7-5-4-6-8-13/h9-10,13,16H,3-8,11-12H2,1-2H3. The zero-order valence-electron chi connectivity index (χ0n) is 13.0. The maximum atomic E-state index is 12.7. The Morgan fingerprint density at radius 2 is 2.00 bits per heavy atom. The van der Waals surface area contributed by atoms with E-state index in [0.717, 1.165) is 50.1 Å². The molecule has 0 bridgehead atoms. The molecule has 0 saturated heterocycles. The van der Waals surface area contributed by atoms with E-state index >= 15 is 0 Å². The molecule has 1 heterocycles. The Morgan fingerprint density at radius 3 is 2.67 bits per heavy atom. The monoisotopic (exact) mass is 330 g/mol. The Morgan fingerprint density at radius 1 is 1.29 bits per heavy atom. The lowest BCUT2D eigenvalue weighted by Crippen LogP contribution is -2.37. The predicted octanol–water partition coefficient (Wildman–Crippen LogP) is 3.20. The highest BCUT2D eigenvalue weighted by Gasteiger charge is 2.30. The van der Waals surface area contributed by atoms with Crippen LogP contribution in [0.25, 0.3) is 0 Å². The molecule has 2 rings (SSSR count). The van der Waals surface area contributed by atoms with Gasteiger partial charge in [-0.05, 0) is 37.9 Å². The molecule has 1 aromatic heterocycles. The first-order chi connectivity index (χ1) is 10.1. The Bertz CT molecular complexity index is 534. The number of rotatable bonds is 7. The Kier molecular flexibility index (Phi) is 6.22. The van der Waals surface area contributed by atoms with Crippen LogP contribution in [0.1, 0.15) is 50.3 Å². The molecule has 0 aromatic carbocycles. The highest BCUT2D eigenvalue weighted by molar-refractivity contribution is 7.91. The lowest BCUT2D eigenvalue weighted by molar-refractivity contribution is 0.286. The number of sulfonamides is 1. The van der Waals surface area contributed by atoms with Gasteiger partial charge < -0.3 is 5.32 Å². The lowest BCUT2D eigenvalue weighted by atomic mass is 9.96. The first-order valence-corrected chi connectivity index (χ1v) is 10.1. The quantitative estimate of drug-likeness (QED) is 0.781. The third kappa shape index (κ3) is 4.28. The van der Waals surface area contributed by atoms with Crippen LogP contribution < -0.4 is 5.32 Å². The Balaban J connectivity index is 2.04. The van der Waals surface area contributed by atoms with Gasteiger partial charge >= 0.3 is 0 Å². The molecular formula is C15H26N2O2S2. The van der Waals surface area contributed by atoms with Crippen LogP contribution in [0.15, 0.2) is 16.3 Å². The van der Waals surface area contributed by atoms with Crippen LogP contribution in [0.4, 0.5) is 0 Å². The minimum atomic E-state index is -3.32. The summed E-state index contributed by atoms with van der Waals surface area (Å²) in [6.07, 6.45) is 6.58. The molecule has 0 atom stereocenters. The molecule has 4 nitrogen and oxygen atoms in total. The molecule has 1 fully saturated rings. The van der Waals surface area contributed by atoms with Crippen LogP contribution >= 0.6 is 11.3 Å². The molecule has 0 aliphatic heterocycles. The van der Waals surface area contributed by atoms with E-state index in [2.05, 4.69) is 12.2 Å². The Hall–Kier alpha value is -0.430. The van der Waals surface area contributed by atoms with Gasteiger partial charge in [0.1, 0.15) is 4.21 Å². The highest BCUT2D eigenvalue weighted by atomic mass is 32.2. The third-order valence-electron chi connectivity index (χ3n) is 4.09. The first kappa shape index (κ1) is 16.9. The summed E-state index contributed by atoms with van der Waals surface area (Å²) in [5, 5.41) is 3.31. The number of nitrogens with one attached hydrogen (secondary N) is 1. The molecule has 21 heavy (non-hydrogen) atoms. The summed E-state index contributed by atoms with van der Waals surface area (Å²) in [5.41, 5.74) is 0. The SMILES string of the molecule is CCCNCc1ccc(S(=O)(=O)N(C)C2CCCCC2)s1. The number of hydrogen-bond acceptors (Lipinski definition) is 4. The molecule has 1 saturated carbocycles. The normalized spacial score (nSPS) is 17.5. The van der Waals surface area contributed by atoms with Gasteiger partial charge in [-0.2, -0.15) is 4.31 Å². The average Bonchev–Trinajstić information content (AvgIpc) is 2.97. The van der Waals surface area contributed by atoms with Crippen molar-refractivity contribution in [2.75, 3.05) is 13.6 Å². The first-order valence-electron chi connectivity index (χ1n) is 7.83. The number of hydrogen-bond donors (Lipinski definition) is 1. The van der Waals surface area contributed by atoms with Crippen LogP contribution in [0.3, 0.4) is 0 Å². The molecule has 0 radical (unpaired) electrons. The van der Waals surface area contributed by atoms with Crippen molar-refractivity contribution >= 4 is 21.4 Å². The van der Waals surface area contributed by atoms with Crippen molar-refractivity contribution in [1.29, 1.82) is 0 Å². The molecule has 6 heteroatoms. The zero-order chi connectivity index (χ0) is 15.3. The van der Waals surface area contributed by atoms with Gasteiger partial charge in [-0.15, -0.1) is 11.3 Å². The maximum Gasteiger partial charge on any atom is 0.252 e. The molecule has 1 aromatic rings. The van der Waals surface area contributed by atoms with Gasteiger partial charge in [0, 0.05) is 24.5 Å². The summed E-state index contributed by atoms with van der Waals surface area (Å²) < 4.78 is 27.5.